The number of hydrogen-bond donors (Lipinski definition) is 4. The summed E-state index contributed by atoms with van der Waals surface area (Å²) >= 11 is 0. The number of sulfonamides is 1. The molecule has 25 heavy (non-hydrogen) atoms. The van der Waals surface area contributed by atoms with E-state index in [9.17, 15) is 18.3 Å². The molecule has 2 atom stereocenters. The van der Waals surface area contributed by atoms with Crippen molar-refractivity contribution in [3.63, 3.8) is 0 Å². The van der Waals surface area contributed by atoms with Crippen LogP contribution in [0, 0.1) is 5.92 Å². The molecule has 1 saturated carbocycles. The number of β-amino-alcohol motifs (C(OH)–C–C–N with tert-alkyl or cyclic N) is 1. The SMILES string of the molecule is COc1ccc(C(=O)NCC2CNCC2O)cc1S(=O)(=O)NC1CC1. The van der Waals surface area contributed by atoms with Gasteiger partial charge in [0.25, 0.3) is 5.91 Å². The van der Waals surface area contributed by atoms with Crippen LogP contribution in [0.4, 0.5) is 0 Å². The number of methoxy groups -OCH3 is 1. The molecule has 2 unspecified atom stereocenters. The second-order valence-corrected chi connectivity index (χ2v) is 8.14. The smallest absolute Gasteiger partial charge is 0.251 e. The Kier molecular flexibility index (Phi) is 5.28. The third-order valence-corrected chi connectivity index (χ3v) is 5.99. The zero-order valence-electron chi connectivity index (χ0n) is 14.0. The van der Waals surface area contributed by atoms with Crippen LogP contribution in [-0.2, 0) is 10.0 Å². The molecule has 1 aromatic carbocycles. The molecule has 4 N–H and O–H groups in total. The van der Waals surface area contributed by atoms with E-state index < -0.39 is 16.1 Å². The summed E-state index contributed by atoms with van der Waals surface area (Å²) < 4.78 is 32.7. The molecule has 1 aliphatic heterocycles. The molecule has 1 aliphatic carbocycles. The van der Waals surface area contributed by atoms with E-state index in [0.717, 1.165) is 12.8 Å². The van der Waals surface area contributed by atoms with Crippen LogP contribution in [0.25, 0.3) is 0 Å². The van der Waals surface area contributed by atoms with Crippen LogP contribution in [0.15, 0.2) is 23.1 Å². The van der Waals surface area contributed by atoms with Crippen LogP contribution in [0.3, 0.4) is 0 Å². The maximum atomic E-state index is 12.5. The summed E-state index contributed by atoms with van der Waals surface area (Å²) in [6.45, 7) is 1.47. The van der Waals surface area contributed by atoms with Crippen LogP contribution in [0.5, 0.6) is 5.75 Å². The van der Waals surface area contributed by atoms with Gasteiger partial charge >= 0.3 is 0 Å². The Hall–Kier alpha value is -1.68. The number of rotatable bonds is 7. The topological polar surface area (TPSA) is 117 Å². The zero-order chi connectivity index (χ0) is 18.0. The van der Waals surface area contributed by atoms with Crippen LogP contribution < -0.4 is 20.1 Å². The normalized spacial score (nSPS) is 23.4. The van der Waals surface area contributed by atoms with Crippen LogP contribution >= 0.6 is 0 Å². The molecule has 1 aromatic rings. The van der Waals surface area contributed by atoms with Crippen LogP contribution in [-0.4, -0.2) is 58.3 Å². The van der Waals surface area contributed by atoms with Gasteiger partial charge in [-0.25, -0.2) is 13.1 Å². The number of amides is 1. The van der Waals surface area contributed by atoms with Gasteiger partial charge in [0.15, 0.2) is 0 Å². The van der Waals surface area contributed by atoms with Crippen molar-refractivity contribution in [2.45, 2.75) is 29.9 Å². The van der Waals surface area contributed by atoms with Gasteiger partial charge in [0.05, 0.1) is 13.2 Å². The highest BCUT2D eigenvalue weighted by atomic mass is 32.2. The number of aliphatic hydroxyl groups is 1. The van der Waals surface area contributed by atoms with Gasteiger partial charge in [0, 0.05) is 37.2 Å². The Morgan fingerprint density at radius 3 is 2.72 bits per heavy atom. The van der Waals surface area contributed by atoms with Crippen molar-refractivity contribution < 1.29 is 23.1 Å². The Balaban J connectivity index is 1.75. The van der Waals surface area contributed by atoms with Crippen molar-refractivity contribution in [2.75, 3.05) is 26.7 Å². The molecule has 1 amide bonds. The molecular weight excluding hydrogens is 346 g/mol. The Morgan fingerprint density at radius 2 is 2.12 bits per heavy atom. The van der Waals surface area contributed by atoms with Gasteiger partial charge in [0.2, 0.25) is 10.0 Å². The van der Waals surface area contributed by atoms with Gasteiger partial charge in [-0.3, -0.25) is 4.79 Å². The molecule has 0 spiro atoms. The summed E-state index contributed by atoms with van der Waals surface area (Å²) in [6.07, 6.45) is 1.15. The van der Waals surface area contributed by atoms with Crippen molar-refractivity contribution in [1.29, 1.82) is 0 Å². The number of benzene rings is 1. The molecule has 1 heterocycles. The van der Waals surface area contributed by atoms with Gasteiger partial charge in [0.1, 0.15) is 10.6 Å². The van der Waals surface area contributed by atoms with E-state index >= 15 is 0 Å². The van der Waals surface area contributed by atoms with E-state index in [1.165, 1.54) is 25.3 Å². The van der Waals surface area contributed by atoms with E-state index in [2.05, 4.69) is 15.4 Å². The van der Waals surface area contributed by atoms with E-state index in [0.29, 0.717) is 19.6 Å². The van der Waals surface area contributed by atoms with Crippen LogP contribution in [0.2, 0.25) is 0 Å². The van der Waals surface area contributed by atoms with Crippen molar-refractivity contribution >= 4 is 15.9 Å². The quantitative estimate of drug-likeness (QED) is 0.512. The molecule has 3 rings (SSSR count). The molecule has 2 aliphatic rings. The molecule has 0 bridgehead atoms. The molecule has 2 fully saturated rings. The fraction of sp³-hybridized carbons (Fsp3) is 0.562. The van der Waals surface area contributed by atoms with Gasteiger partial charge < -0.3 is 20.5 Å². The van der Waals surface area contributed by atoms with Crippen molar-refractivity contribution in [1.82, 2.24) is 15.4 Å². The third-order valence-electron chi connectivity index (χ3n) is 4.44. The highest BCUT2D eigenvalue weighted by molar-refractivity contribution is 7.89. The average molecular weight is 369 g/mol. The molecule has 1 saturated heterocycles. The lowest BCUT2D eigenvalue weighted by Crippen LogP contribution is -2.34. The van der Waals surface area contributed by atoms with E-state index in [1.54, 1.807) is 0 Å². The highest BCUT2D eigenvalue weighted by Gasteiger charge is 2.30. The Bertz CT molecular complexity index is 748. The van der Waals surface area contributed by atoms with Crippen molar-refractivity contribution in [2.24, 2.45) is 5.92 Å². The second kappa shape index (κ2) is 7.28. The summed E-state index contributed by atoms with van der Waals surface area (Å²) in [7, 11) is -2.35. The Morgan fingerprint density at radius 1 is 1.36 bits per heavy atom. The minimum absolute atomic E-state index is 0.0384. The number of nitrogens with one attached hydrogen (secondary N) is 3. The summed E-state index contributed by atoms with van der Waals surface area (Å²) in [5.74, 6) is -0.244. The number of aliphatic hydroxyl groups excluding tert-OH is 1. The standard InChI is InChI=1S/C16H23N3O5S/c1-24-14-5-2-10(6-15(14)25(22,23)19-12-3-4-12)16(21)18-8-11-7-17-9-13(11)20/h2,5-6,11-13,17,19-20H,3-4,7-9H2,1H3,(H,18,21). The maximum Gasteiger partial charge on any atom is 0.251 e. The predicted molar refractivity (Wildman–Crippen MR) is 91.0 cm³/mol. The lowest BCUT2D eigenvalue weighted by atomic mass is 10.1. The van der Waals surface area contributed by atoms with E-state index in [4.69, 9.17) is 4.74 Å². The number of carbonyl (C=O) groups excluding carboxylic acids is 1. The van der Waals surface area contributed by atoms with Gasteiger partial charge in [-0.15, -0.1) is 0 Å². The molecule has 9 heteroatoms. The number of carbonyl (C=O) groups is 1. The van der Waals surface area contributed by atoms with E-state index in [-0.39, 0.29) is 34.1 Å². The van der Waals surface area contributed by atoms with Gasteiger partial charge in [-0.05, 0) is 31.0 Å². The zero-order valence-corrected chi connectivity index (χ0v) is 14.8. The first-order valence-corrected chi connectivity index (χ1v) is 9.76. The maximum absolute atomic E-state index is 12.5. The van der Waals surface area contributed by atoms with Crippen molar-refractivity contribution in [3.8, 4) is 5.75 Å². The second-order valence-electron chi connectivity index (χ2n) is 6.46. The molecule has 0 radical (unpaired) electrons. The number of hydrogen-bond acceptors (Lipinski definition) is 6. The first kappa shape index (κ1) is 18.1. The first-order chi connectivity index (χ1) is 11.9. The minimum Gasteiger partial charge on any atom is -0.495 e. The van der Waals surface area contributed by atoms with Gasteiger partial charge in [-0.1, -0.05) is 0 Å². The summed E-state index contributed by atoms with van der Waals surface area (Å²) in [5.41, 5.74) is 0.234. The van der Waals surface area contributed by atoms with Crippen molar-refractivity contribution in [3.05, 3.63) is 23.8 Å². The van der Waals surface area contributed by atoms with E-state index in [1.807, 2.05) is 0 Å². The summed E-state index contributed by atoms with van der Waals surface area (Å²) in [5, 5.41) is 15.6. The minimum atomic E-state index is -3.74. The Labute approximate surface area is 147 Å². The third kappa shape index (κ3) is 4.30. The lowest BCUT2D eigenvalue weighted by molar-refractivity contribution is 0.0927. The average Bonchev–Trinajstić information content (AvgIpc) is 3.30. The molecule has 138 valence electrons. The first-order valence-electron chi connectivity index (χ1n) is 8.28. The largest absolute Gasteiger partial charge is 0.495 e. The van der Waals surface area contributed by atoms with Crippen LogP contribution in [0.1, 0.15) is 23.2 Å². The fourth-order valence-corrected chi connectivity index (χ4v) is 4.27. The summed E-state index contributed by atoms with van der Waals surface area (Å²) in [6, 6.07) is 4.28. The number of ether oxygens (including phenoxy) is 1. The summed E-state index contributed by atoms with van der Waals surface area (Å²) in [4.78, 5) is 12.3. The fourth-order valence-electron chi connectivity index (χ4n) is 2.77. The highest BCUT2D eigenvalue weighted by Crippen LogP contribution is 2.28. The lowest BCUT2D eigenvalue weighted by Gasteiger charge is -2.15. The van der Waals surface area contributed by atoms with Gasteiger partial charge in [-0.2, -0.15) is 0 Å². The monoisotopic (exact) mass is 369 g/mol. The molecule has 8 nitrogen and oxygen atoms in total. The molecule has 0 aromatic heterocycles. The predicted octanol–water partition coefficient (Wildman–Crippen LogP) is -0.554. The molecular formula is C16H23N3O5S.